The van der Waals surface area contributed by atoms with Crippen LogP contribution < -0.4 is 0 Å². The van der Waals surface area contributed by atoms with Gasteiger partial charge >= 0.3 is 5.97 Å². The van der Waals surface area contributed by atoms with E-state index in [4.69, 9.17) is 4.74 Å². The van der Waals surface area contributed by atoms with Crippen LogP contribution in [0, 0.1) is 34.5 Å². The summed E-state index contributed by atoms with van der Waals surface area (Å²) in [5.41, 5.74) is -0.121. The van der Waals surface area contributed by atoms with Gasteiger partial charge in [-0.2, -0.15) is 0 Å². The Balaban J connectivity index is 1.50. The van der Waals surface area contributed by atoms with E-state index in [9.17, 15) is 20.1 Å². The summed E-state index contributed by atoms with van der Waals surface area (Å²) in [6.07, 6.45) is 7.59. The van der Waals surface area contributed by atoms with E-state index in [1.54, 1.807) is 6.08 Å². The van der Waals surface area contributed by atoms with Crippen molar-refractivity contribution in [3.8, 4) is 0 Å². The zero-order chi connectivity index (χ0) is 19.9. The van der Waals surface area contributed by atoms with Crippen molar-refractivity contribution < 1.29 is 24.9 Å². The van der Waals surface area contributed by atoms with Crippen molar-refractivity contribution in [2.75, 3.05) is 6.61 Å². The summed E-state index contributed by atoms with van der Waals surface area (Å²) in [7, 11) is 0. The Labute approximate surface area is 167 Å². The Bertz CT molecular complexity index is 718. The predicted molar refractivity (Wildman–Crippen MR) is 103 cm³/mol. The molecular formula is C23H34O5. The van der Waals surface area contributed by atoms with Gasteiger partial charge in [0.15, 0.2) is 0 Å². The van der Waals surface area contributed by atoms with E-state index in [2.05, 4.69) is 13.8 Å². The van der Waals surface area contributed by atoms with E-state index in [-0.39, 0.29) is 34.7 Å². The van der Waals surface area contributed by atoms with Crippen molar-refractivity contribution in [1.82, 2.24) is 0 Å². The molecule has 0 aromatic carbocycles. The number of hydrogen-bond donors (Lipinski definition) is 3. The summed E-state index contributed by atoms with van der Waals surface area (Å²) in [6, 6.07) is 0. The highest BCUT2D eigenvalue weighted by Crippen LogP contribution is 2.69. The number of aliphatic hydroxyl groups excluding tert-OH is 2. The summed E-state index contributed by atoms with van der Waals surface area (Å²) in [5.74, 6) is 0.390. The van der Waals surface area contributed by atoms with E-state index < -0.39 is 11.7 Å². The standard InChI is InChI=1S/C23H34O5/c1-21-6-3-15(24)10-14(21)11-18(25)20-17(21)4-7-22(2)16(5-8-23(20,22)27)13-9-19(26)28-12-13/h9,14-18,20,24-25,27H,3-8,10-12H2,1-2H3/t14-,15-,16+,17-,18-,20-,21-,22+,23-/m0/s1. The smallest absolute Gasteiger partial charge is 0.331 e. The number of carbonyl (C=O) groups excluding carboxylic acids is 1. The molecule has 5 heteroatoms. The van der Waals surface area contributed by atoms with Crippen LogP contribution in [0.15, 0.2) is 11.6 Å². The molecule has 5 aliphatic rings. The maximum atomic E-state index is 12.1. The molecule has 0 saturated heterocycles. The minimum absolute atomic E-state index is 0.0873. The van der Waals surface area contributed by atoms with Crippen LogP contribution in [0.4, 0.5) is 0 Å². The van der Waals surface area contributed by atoms with Crippen LogP contribution in [0.25, 0.3) is 0 Å². The highest BCUT2D eigenvalue weighted by Gasteiger charge is 2.69. The van der Waals surface area contributed by atoms with Crippen molar-refractivity contribution in [2.45, 2.75) is 83.0 Å². The van der Waals surface area contributed by atoms with Crippen molar-refractivity contribution in [2.24, 2.45) is 34.5 Å². The van der Waals surface area contributed by atoms with Crippen molar-refractivity contribution in [3.63, 3.8) is 0 Å². The highest BCUT2D eigenvalue weighted by atomic mass is 16.5. The molecule has 0 unspecified atom stereocenters. The SMILES string of the molecule is C[C@]12CC[C@H](O)C[C@H]1C[C@H](O)[C@@H]1[C@@H]2CC[C@]2(C)[C@@H](C3=CC(=O)OC3)CC[C@]12O. The molecule has 1 heterocycles. The van der Waals surface area contributed by atoms with Gasteiger partial charge in [-0.3, -0.25) is 0 Å². The van der Waals surface area contributed by atoms with Crippen LogP contribution in [0.5, 0.6) is 0 Å². The molecule has 0 amide bonds. The Morgan fingerprint density at radius 3 is 2.57 bits per heavy atom. The van der Waals surface area contributed by atoms with Crippen molar-refractivity contribution >= 4 is 5.97 Å². The number of hydrogen-bond acceptors (Lipinski definition) is 5. The minimum Gasteiger partial charge on any atom is -0.458 e. The lowest BCUT2D eigenvalue weighted by atomic mass is 9.42. The molecule has 3 N–H and O–H groups in total. The summed E-state index contributed by atoms with van der Waals surface area (Å²) >= 11 is 0. The average Bonchev–Trinajstić information content (AvgIpc) is 3.17. The van der Waals surface area contributed by atoms with E-state index in [0.717, 1.165) is 44.1 Å². The first kappa shape index (κ1) is 19.1. The molecule has 28 heavy (non-hydrogen) atoms. The summed E-state index contributed by atoms with van der Waals surface area (Å²) in [6.45, 7) is 4.87. The molecule has 0 radical (unpaired) electrons. The van der Waals surface area contributed by atoms with Gasteiger partial charge < -0.3 is 20.1 Å². The topological polar surface area (TPSA) is 87.0 Å². The van der Waals surface area contributed by atoms with Crippen molar-refractivity contribution in [1.29, 1.82) is 0 Å². The highest BCUT2D eigenvalue weighted by molar-refractivity contribution is 5.85. The van der Waals surface area contributed by atoms with Crippen LogP contribution in [0.3, 0.4) is 0 Å². The summed E-state index contributed by atoms with van der Waals surface area (Å²) in [5, 5.41) is 33.5. The molecule has 0 bridgehead atoms. The van der Waals surface area contributed by atoms with Gasteiger partial charge in [-0.1, -0.05) is 13.8 Å². The van der Waals surface area contributed by atoms with Gasteiger partial charge in [0.2, 0.25) is 0 Å². The Hall–Kier alpha value is -0.910. The van der Waals surface area contributed by atoms with Crippen LogP contribution in [0.2, 0.25) is 0 Å². The Kier molecular flexibility index (Phi) is 4.12. The Morgan fingerprint density at radius 1 is 1.07 bits per heavy atom. The lowest BCUT2D eigenvalue weighted by Gasteiger charge is -2.64. The average molecular weight is 391 g/mol. The maximum Gasteiger partial charge on any atom is 0.331 e. The van der Waals surface area contributed by atoms with Gasteiger partial charge in [-0.15, -0.1) is 0 Å². The minimum atomic E-state index is -0.906. The molecular weight excluding hydrogens is 356 g/mol. The fourth-order valence-corrected chi connectivity index (χ4v) is 8.38. The van der Waals surface area contributed by atoms with E-state index in [1.807, 2.05) is 0 Å². The number of aliphatic hydroxyl groups is 3. The third kappa shape index (κ3) is 2.33. The second-order valence-corrected chi connectivity index (χ2v) is 10.9. The first-order valence-electron chi connectivity index (χ1n) is 11.1. The van der Waals surface area contributed by atoms with Crippen LogP contribution in [0.1, 0.15) is 65.2 Å². The van der Waals surface area contributed by atoms with Crippen LogP contribution in [-0.4, -0.2) is 45.7 Å². The molecule has 0 spiro atoms. The molecule has 156 valence electrons. The third-order valence-electron chi connectivity index (χ3n) is 9.96. The van der Waals surface area contributed by atoms with Gasteiger partial charge in [0.25, 0.3) is 0 Å². The zero-order valence-electron chi connectivity index (χ0n) is 17.1. The van der Waals surface area contributed by atoms with Gasteiger partial charge in [-0.25, -0.2) is 4.79 Å². The molecule has 5 rings (SSSR count). The third-order valence-corrected chi connectivity index (χ3v) is 9.96. The fourth-order valence-electron chi connectivity index (χ4n) is 8.38. The zero-order valence-corrected chi connectivity index (χ0v) is 17.1. The largest absolute Gasteiger partial charge is 0.458 e. The summed E-state index contributed by atoms with van der Waals surface area (Å²) < 4.78 is 5.17. The number of carbonyl (C=O) groups is 1. The molecule has 4 saturated carbocycles. The fraction of sp³-hybridized carbons (Fsp3) is 0.870. The quantitative estimate of drug-likeness (QED) is 0.599. The number of fused-ring (bicyclic) bond motifs is 5. The maximum absolute atomic E-state index is 12.1. The van der Waals surface area contributed by atoms with Crippen LogP contribution in [-0.2, 0) is 9.53 Å². The van der Waals surface area contributed by atoms with E-state index in [1.165, 1.54) is 0 Å². The Morgan fingerprint density at radius 2 is 1.86 bits per heavy atom. The molecule has 0 aromatic heterocycles. The molecule has 9 atom stereocenters. The van der Waals surface area contributed by atoms with Gasteiger partial charge in [-0.05, 0) is 80.1 Å². The lowest BCUT2D eigenvalue weighted by molar-refractivity contribution is -0.240. The number of ether oxygens (including phenoxy) is 1. The second kappa shape index (κ2) is 6.05. The molecule has 5 nitrogen and oxygen atoms in total. The van der Waals surface area contributed by atoms with Crippen molar-refractivity contribution in [3.05, 3.63) is 11.6 Å². The second-order valence-electron chi connectivity index (χ2n) is 10.9. The number of rotatable bonds is 1. The molecule has 4 fully saturated rings. The molecule has 0 aromatic rings. The monoisotopic (exact) mass is 390 g/mol. The number of cyclic esters (lactones) is 1. The van der Waals surface area contributed by atoms with Gasteiger partial charge in [0, 0.05) is 17.4 Å². The number of esters is 1. The first-order chi connectivity index (χ1) is 13.2. The molecule has 1 aliphatic heterocycles. The van der Waals surface area contributed by atoms with Gasteiger partial charge in [0.05, 0.1) is 17.8 Å². The normalized spacial score (nSPS) is 55.8. The molecule has 4 aliphatic carbocycles. The first-order valence-corrected chi connectivity index (χ1v) is 11.1. The van der Waals surface area contributed by atoms with Crippen LogP contribution >= 0.6 is 0 Å². The predicted octanol–water partition coefficient (Wildman–Crippen LogP) is 2.58. The summed E-state index contributed by atoms with van der Waals surface area (Å²) in [4.78, 5) is 11.6. The van der Waals surface area contributed by atoms with Gasteiger partial charge in [0.1, 0.15) is 6.61 Å². The lowest BCUT2D eigenvalue weighted by Crippen LogP contribution is -2.66. The van der Waals surface area contributed by atoms with E-state index in [0.29, 0.717) is 31.3 Å². The van der Waals surface area contributed by atoms with E-state index >= 15 is 0 Å².